The number of allylic oxidation sites excluding steroid dienone is 8. The van der Waals surface area contributed by atoms with E-state index in [9.17, 15) is 0 Å². The predicted molar refractivity (Wildman–Crippen MR) is 102 cm³/mol. The Morgan fingerprint density at radius 2 is 1.63 bits per heavy atom. The Kier molecular flexibility index (Phi) is 7.30. The normalized spacial score (nSPS) is 17.8. The predicted octanol–water partition coefficient (Wildman–Crippen LogP) is 0.109. The van der Waals surface area contributed by atoms with Crippen LogP contribution in [-0.2, 0) is 32.3 Å². The van der Waals surface area contributed by atoms with Crippen LogP contribution in [0, 0.1) is 5.92 Å². The largest absolute Gasteiger partial charge is 2.00 e. The molecule has 2 aromatic rings. The Labute approximate surface area is 192 Å². The van der Waals surface area contributed by atoms with Crippen molar-refractivity contribution in [3.63, 3.8) is 0 Å². The number of halogens is 2. The van der Waals surface area contributed by atoms with Crippen molar-refractivity contribution in [1.29, 1.82) is 0 Å². The summed E-state index contributed by atoms with van der Waals surface area (Å²) in [5, 5.41) is 0. The first-order valence-electron chi connectivity index (χ1n) is 8.87. The van der Waals surface area contributed by atoms with Gasteiger partial charge in [0.1, 0.15) is 0 Å². The average molecular weight is 558 g/mol. The van der Waals surface area contributed by atoms with Crippen molar-refractivity contribution in [3.8, 4) is 11.1 Å². The second kappa shape index (κ2) is 8.90. The first-order valence-corrected chi connectivity index (χ1v) is 8.87. The molecule has 2 aromatic carbocycles. The minimum Gasteiger partial charge on any atom is -1.00 e. The molecule has 134 valence electrons. The molecule has 0 amide bonds. The summed E-state index contributed by atoms with van der Waals surface area (Å²) >= 11 is 0. The Balaban J connectivity index is 0.000000871. The van der Waals surface area contributed by atoms with Crippen LogP contribution in [0.25, 0.3) is 16.7 Å². The molecule has 0 radical (unpaired) electrons. The molecule has 0 aromatic heterocycles. The van der Waals surface area contributed by atoms with Crippen LogP contribution in [0.15, 0.2) is 84.0 Å². The van der Waals surface area contributed by atoms with E-state index in [2.05, 4.69) is 79.8 Å². The van der Waals surface area contributed by atoms with E-state index in [-0.39, 0.29) is 50.7 Å². The van der Waals surface area contributed by atoms with E-state index >= 15 is 0 Å². The van der Waals surface area contributed by atoms with Crippen molar-refractivity contribution in [3.05, 3.63) is 101 Å². The van der Waals surface area contributed by atoms with Crippen LogP contribution < -0.4 is 24.8 Å². The molecule has 0 fully saturated rings. The number of fused-ring (bicyclic) bond motifs is 4. The molecule has 0 bridgehead atoms. The van der Waals surface area contributed by atoms with Gasteiger partial charge in [0.05, 0.1) is 0 Å². The number of benzene rings is 2. The standard InChI is InChI=1S/C24H20.2ClH.Hf/c1-2-16-14-17-8-4-6-11-20(17)24(16)22-13-7-12-21-19-10-5-3-9-18(19)15-23(21)22;;;/h3-14,20H,2,15H2,1H3;2*1H;/q;;;+2/p-2. The van der Waals surface area contributed by atoms with Gasteiger partial charge in [0, 0.05) is 5.92 Å². The van der Waals surface area contributed by atoms with Gasteiger partial charge in [-0.1, -0.05) is 79.8 Å². The summed E-state index contributed by atoms with van der Waals surface area (Å²) in [4.78, 5) is 0. The van der Waals surface area contributed by atoms with Gasteiger partial charge in [-0.3, -0.25) is 0 Å². The Hall–Kier alpha value is -1.15. The third-order valence-corrected chi connectivity index (χ3v) is 5.58. The van der Waals surface area contributed by atoms with Crippen LogP contribution >= 0.6 is 0 Å². The maximum absolute atomic E-state index is 2.40. The van der Waals surface area contributed by atoms with Gasteiger partial charge in [0.15, 0.2) is 0 Å². The average Bonchev–Trinajstić information content (AvgIpc) is 3.19. The Morgan fingerprint density at radius 1 is 0.889 bits per heavy atom. The Bertz CT molecular complexity index is 980. The molecule has 1 unspecified atom stereocenters. The van der Waals surface area contributed by atoms with E-state index in [1.807, 2.05) is 0 Å². The monoisotopic (exact) mass is 558 g/mol. The first-order chi connectivity index (χ1) is 11.9. The van der Waals surface area contributed by atoms with E-state index in [1.165, 1.54) is 44.5 Å². The molecule has 0 nitrogen and oxygen atoms in total. The van der Waals surface area contributed by atoms with Crippen molar-refractivity contribution in [2.45, 2.75) is 19.8 Å². The van der Waals surface area contributed by atoms with Crippen LogP contribution in [0.3, 0.4) is 0 Å². The van der Waals surface area contributed by atoms with Crippen LogP contribution in [-0.4, -0.2) is 0 Å². The molecule has 0 spiro atoms. The van der Waals surface area contributed by atoms with E-state index < -0.39 is 0 Å². The molecule has 0 N–H and O–H groups in total. The molecule has 5 rings (SSSR count). The summed E-state index contributed by atoms with van der Waals surface area (Å²) in [6, 6.07) is 15.7. The van der Waals surface area contributed by atoms with E-state index in [0.29, 0.717) is 5.92 Å². The SMILES string of the molecule is CCC1=C(c2cccc3c2Cc2ccccc2-3)C2C=CC=CC2=C1.[Cl-].[Cl-].[Hf+2]. The topological polar surface area (TPSA) is 0 Å². The number of rotatable bonds is 2. The zero-order chi connectivity index (χ0) is 16.1. The molecule has 3 heteroatoms. The summed E-state index contributed by atoms with van der Waals surface area (Å²) in [5.41, 5.74) is 11.7. The molecule has 0 aliphatic heterocycles. The van der Waals surface area contributed by atoms with Gasteiger partial charge in [-0.05, 0) is 57.4 Å². The molecule has 1 atom stereocenters. The van der Waals surface area contributed by atoms with Crippen molar-refractivity contribution in [2.75, 3.05) is 0 Å². The summed E-state index contributed by atoms with van der Waals surface area (Å²) in [5.74, 6) is 0.431. The van der Waals surface area contributed by atoms with Crippen molar-refractivity contribution in [2.24, 2.45) is 5.92 Å². The third-order valence-electron chi connectivity index (χ3n) is 5.58. The summed E-state index contributed by atoms with van der Waals surface area (Å²) in [7, 11) is 0. The summed E-state index contributed by atoms with van der Waals surface area (Å²) < 4.78 is 0. The van der Waals surface area contributed by atoms with Gasteiger partial charge in [-0.25, -0.2) is 0 Å². The van der Waals surface area contributed by atoms with Gasteiger partial charge >= 0.3 is 25.8 Å². The van der Waals surface area contributed by atoms with Gasteiger partial charge in [-0.2, -0.15) is 0 Å². The van der Waals surface area contributed by atoms with E-state index in [0.717, 1.165) is 12.8 Å². The van der Waals surface area contributed by atoms with Crippen LogP contribution in [0.5, 0.6) is 0 Å². The fourth-order valence-corrected chi connectivity index (χ4v) is 4.48. The molecule has 0 heterocycles. The van der Waals surface area contributed by atoms with Gasteiger partial charge in [0.25, 0.3) is 0 Å². The van der Waals surface area contributed by atoms with E-state index in [4.69, 9.17) is 0 Å². The molecule has 27 heavy (non-hydrogen) atoms. The molecule has 3 aliphatic rings. The number of hydrogen-bond donors (Lipinski definition) is 0. The second-order valence-electron chi connectivity index (χ2n) is 6.82. The van der Waals surface area contributed by atoms with Gasteiger partial charge in [0.2, 0.25) is 0 Å². The Morgan fingerprint density at radius 3 is 2.44 bits per heavy atom. The minimum absolute atomic E-state index is 0. The van der Waals surface area contributed by atoms with Crippen LogP contribution in [0.2, 0.25) is 0 Å². The molecule has 0 saturated heterocycles. The van der Waals surface area contributed by atoms with Crippen molar-refractivity contribution < 1.29 is 50.7 Å². The smallest absolute Gasteiger partial charge is 1.00 e. The van der Waals surface area contributed by atoms with E-state index in [1.54, 1.807) is 0 Å². The maximum atomic E-state index is 2.40. The zero-order valence-corrected chi connectivity index (χ0v) is 20.3. The quantitative estimate of drug-likeness (QED) is 0.393. The molecule has 0 saturated carbocycles. The zero-order valence-electron chi connectivity index (χ0n) is 15.2. The second-order valence-corrected chi connectivity index (χ2v) is 6.82. The fraction of sp³-hybridized carbons (Fsp3) is 0.167. The fourth-order valence-electron chi connectivity index (χ4n) is 4.48. The third kappa shape index (κ3) is 3.50. The number of hydrogen-bond acceptors (Lipinski definition) is 0. The molecular weight excluding hydrogens is 538 g/mol. The van der Waals surface area contributed by atoms with Gasteiger partial charge < -0.3 is 24.8 Å². The molecular formula is C24H20Cl2Hf. The van der Waals surface area contributed by atoms with Gasteiger partial charge in [-0.15, -0.1) is 0 Å². The molecule has 3 aliphatic carbocycles. The minimum atomic E-state index is 0. The first kappa shape index (κ1) is 22.1. The summed E-state index contributed by atoms with van der Waals surface area (Å²) in [6.45, 7) is 2.27. The van der Waals surface area contributed by atoms with Crippen molar-refractivity contribution >= 4 is 5.57 Å². The summed E-state index contributed by atoms with van der Waals surface area (Å²) in [6.07, 6.45) is 13.5. The van der Waals surface area contributed by atoms with Crippen molar-refractivity contribution in [1.82, 2.24) is 0 Å². The maximum Gasteiger partial charge on any atom is 2.00 e. The van der Waals surface area contributed by atoms with Crippen LogP contribution in [0.4, 0.5) is 0 Å². The van der Waals surface area contributed by atoms with Crippen LogP contribution in [0.1, 0.15) is 30.0 Å².